The van der Waals surface area contributed by atoms with E-state index in [0.29, 0.717) is 0 Å². The first kappa shape index (κ1) is 24.3. The first-order chi connectivity index (χ1) is 20.2. The van der Waals surface area contributed by atoms with Gasteiger partial charge >= 0.3 is 5.97 Å². The molecule has 1 aliphatic carbocycles. The predicted octanol–water partition coefficient (Wildman–Crippen LogP) is 6.82. The fourth-order valence-corrected chi connectivity index (χ4v) is 9.59. The first-order valence-electron chi connectivity index (χ1n) is 16.4. The average molecular weight is 545 g/mol. The SMILES string of the molecule is O=C1OC2(c3ccccc31)c1cc3c4c(c1CCCCCc1c2cc2c5c1CCCN5CCC2)CCCN4CCC3. The molecule has 5 heterocycles. The number of anilines is 2. The molecule has 210 valence electrons. The van der Waals surface area contributed by atoms with Crippen molar-refractivity contribution in [3.8, 4) is 0 Å². The van der Waals surface area contributed by atoms with Gasteiger partial charge in [0.2, 0.25) is 0 Å². The van der Waals surface area contributed by atoms with Gasteiger partial charge in [0.15, 0.2) is 5.60 Å². The summed E-state index contributed by atoms with van der Waals surface area (Å²) in [6, 6.07) is 13.4. The molecule has 3 aromatic rings. The van der Waals surface area contributed by atoms with Gasteiger partial charge < -0.3 is 14.5 Å². The lowest BCUT2D eigenvalue weighted by Crippen LogP contribution is -2.39. The van der Waals surface area contributed by atoms with Crippen LogP contribution in [0.1, 0.15) is 105 Å². The topological polar surface area (TPSA) is 32.8 Å². The molecule has 0 atom stereocenters. The van der Waals surface area contributed by atoms with Gasteiger partial charge in [-0.1, -0.05) is 24.6 Å². The van der Waals surface area contributed by atoms with Crippen LogP contribution in [0.5, 0.6) is 0 Å². The van der Waals surface area contributed by atoms with Crippen LogP contribution in [0.2, 0.25) is 0 Å². The Morgan fingerprint density at radius 2 is 1.07 bits per heavy atom. The molecule has 3 aromatic carbocycles. The number of ether oxygens (including phenoxy) is 1. The monoisotopic (exact) mass is 544 g/mol. The highest BCUT2D eigenvalue weighted by Gasteiger charge is 2.52. The summed E-state index contributed by atoms with van der Waals surface area (Å²) in [5, 5.41) is 0. The van der Waals surface area contributed by atoms with Gasteiger partial charge in [-0.3, -0.25) is 0 Å². The molecule has 1 spiro atoms. The van der Waals surface area contributed by atoms with E-state index in [2.05, 4.69) is 34.1 Å². The molecule has 4 heteroatoms. The summed E-state index contributed by atoms with van der Waals surface area (Å²) in [6.45, 7) is 4.71. The predicted molar refractivity (Wildman–Crippen MR) is 164 cm³/mol. The summed E-state index contributed by atoms with van der Waals surface area (Å²) < 4.78 is 6.95. The van der Waals surface area contributed by atoms with Crippen LogP contribution < -0.4 is 9.80 Å². The quantitative estimate of drug-likeness (QED) is 0.291. The Morgan fingerprint density at radius 1 is 0.561 bits per heavy atom. The molecule has 0 N–H and O–H groups in total. The van der Waals surface area contributed by atoms with Gasteiger partial charge in [0.1, 0.15) is 0 Å². The smallest absolute Gasteiger partial charge is 0.340 e. The Kier molecular flexibility index (Phi) is 5.41. The minimum absolute atomic E-state index is 0.157. The van der Waals surface area contributed by atoms with Crippen LogP contribution in [-0.4, -0.2) is 32.1 Å². The lowest BCUT2D eigenvalue weighted by atomic mass is 9.69. The summed E-state index contributed by atoms with van der Waals surface area (Å²) in [5.41, 5.74) is 15.6. The number of benzene rings is 3. The van der Waals surface area contributed by atoms with Crippen LogP contribution in [0.3, 0.4) is 0 Å². The van der Waals surface area contributed by atoms with Crippen LogP contribution in [0.15, 0.2) is 36.4 Å². The molecule has 0 radical (unpaired) electrons. The van der Waals surface area contributed by atoms with Crippen molar-refractivity contribution in [2.45, 2.75) is 89.1 Å². The minimum Gasteiger partial charge on any atom is -0.441 e. The fraction of sp³-hybridized carbons (Fsp3) is 0.486. The Hall–Kier alpha value is -3.27. The zero-order valence-electron chi connectivity index (χ0n) is 24.2. The lowest BCUT2D eigenvalue weighted by Gasteiger charge is -2.43. The third-order valence-corrected chi connectivity index (χ3v) is 11.2. The Bertz CT molecular complexity index is 1510. The maximum Gasteiger partial charge on any atom is 0.340 e. The van der Waals surface area contributed by atoms with E-state index < -0.39 is 5.60 Å². The van der Waals surface area contributed by atoms with Gasteiger partial charge in [-0.05, 0) is 129 Å². The number of rotatable bonds is 0. The molecule has 0 aromatic heterocycles. The molecule has 6 aliphatic rings. The molecule has 0 fully saturated rings. The number of hydrogen-bond acceptors (Lipinski definition) is 4. The maximum absolute atomic E-state index is 13.9. The third kappa shape index (κ3) is 3.37. The van der Waals surface area contributed by atoms with Crippen molar-refractivity contribution in [3.05, 3.63) is 92.0 Å². The van der Waals surface area contributed by atoms with Gasteiger partial charge in [-0.2, -0.15) is 0 Å². The largest absolute Gasteiger partial charge is 0.441 e. The number of carbonyl (C=O) groups excluding carboxylic acids is 1. The van der Waals surface area contributed by atoms with E-state index in [9.17, 15) is 4.79 Å². The van der Waals surface area contributed by atoms with E-state index in [-0.39, 0.29) is 5.97 Å². The molecule has 0 unspecified atom stereocenters. The van der Waals surface area contributed by atoms with Gasteiger partial charge in [0, 0.05) is 54.2 Å². The van der Waals surface area contributed by atoms with E-state index in [1.165, 1.54) is 116 Å². The highest BCUT2D eigenvalue weighted by atomic mass is 16.6. The van der Waals surface area contributed by atoms with Crippen molar-refractivity contribution in [2.75, 3.05) is 36.0 Å². The van der Waals surface area contributed by atoms with E-state index in [0.717, 1.165) is 49.7 Å². The third-order valence-electron chi connectivity index (χ3n) is 11.2. The molecular formula is C37H40N2O2. The zero-order chi connectivity index (χ0) is 27.1. The summed E-state index contributed by atoms with van der Waals surface area (Å²) in [4.78, 5) is 19.2. The zero-order valence-corrected chi connectivity index (χ0v) is 24.2. The minimum atomic E-state index is -0.869. The van der Waals surface area contributed by atoms with Gasteiger partial charge in [0.05, 0.1) is 5.56 Å². The highest BCUT2D eigenvalue weighted by molar-refractivity contribution is 5.97. The number of nitrogens with zero attached hydrogens (tertiary/aromatic N) is 2. The lowest BCUT2D eigenvalue weighted by molar-refractivity contribution is 0.0245. The summed E-state index contributed by atoms with van der Waals surface area (Å²) >= 11 is 0. The summed E-state index contributed by atoms with van der Waals surface area (Å²) in [5.74, 6) is -0.157. The standard InChI is InChI=1S/C37H40N2O2/c40-36-30-14-4-5-17-31(30)37(41-36)32-22-24-10-6-18-38-20-8-15-28(34(24)38)26(32)12-2-1-3-13-27-29-16-9-21-39-19-7-11-25(35(29)39)23-33(27)37/h4-5,14,17,22-23H,1-3,6-13,15-16,18-21H2. The molecule has 0 amide bonds. The van der Waals surface area contributed by atoms with Crippen molar-refractivity contribution in [1.29, 1.82) is 0 Å². The van der Waals surface area contributed by atoms with Gasteiger partial charge in [-0.15, -0.1) is 0 Å². The molecule has 0 bridgehead atoms. The highest BCUT2D eigenvalue weighted by Crippen LogP contribution is 2.55. The van der Waals surface area contributed by atoms with E-state index in [1.807, 2.05) is 12.1 Å². The van der Waals surface area contributed by atoms with Crippen LogP contribution in [0, 0.1) is 0 Å². The molecule has 0 saturated carbocycles. The van der Waals surface area contributed by atoms with Crippen molar-refractivity contribution < 1.29 is 9.53 Å². The Balaban J connectivity index is 1.42. The normalized spacial score (nSPS) is 21.8. The Morgan fingerprint density at radius 3 is 1.66 bits per heavy atom. The molecule has 0 saturated heterocycles. The van der Waals surface area contributed by atoms with E-state index in [1.54, 1.807) is 11.1 Å². The molecular weight excluding hydrogens is 504 g/mol. The number of hydrogen-bond donors (Lipinski definition) is 0. The maximum atomic E-state index is 13.9. The average Bonchev–Trinajstić information content (AvgIpc) is 3.31. The van der Waals surface area contributed by atoms with Crippen molar-refractivity contribution >= 4 is 17.3 Å². The number of carbonyl (C=O) groups is 1. The van der Waals surface area contributed by atoms with E-state index >= 15 is 0 Å². The first-order valence-corrected chi connectivity index (χ1v) is 16.4. The van der Waals surface area contributed by atoms with E-state index in [4.69, 9.17) is 4.74 Å². The van der Waals surface area contributed by atoms with Crippen LogP contribution >= 0.6 is 0 Å². The summed E-state index contributed by atoms with van der Waals surface area (Å²) in [6.07, 6.45) is 15.2. The van der Waals surface area contributed by atoms with Crippen molar-refractivity contribution in [1.82, 2.24) is 0 Å². The van der Waals surface area contributed by atoms with Crippen LogP contribution in [0.4, 0.5) is 11.4 Å². The van der Waals surface area contributed by atoms with Crippen LogP contribution in [0.25, 0.3) is 0 Å². The molecule has 9 rings (SSSR count). The number of aryl methyl sites for hydroxylation is 2. The van der Waals surface area contributed by atoms with Gasteiger partial charge in [0.25, 0.3) is 0 Å². The molecule has 41 heavy (non-hydrogen) atoms. The summed E-state index contributed by atoms with van der Waals surface area (Å²) in [7, 11) is 0. The number of esters is 1. The van der Waals surface area contributed by atoms with Crippen LogP contribution in [-0.2, 0) is 48.9 Å². The second-order valence-electron chi connectivity index (χ2n) is 13.3. The number of fused-ring (bicyclic) bond motifs is 8. The second-order valence-corrected chi connectivity index (χ2v) is 13.3. The van der Waals surface area contributed by atoms with Gasteiger partial charge in [-0.25, -0.2) is 4.79 Å². The molecule has 5 aliphatic heterocycles. The fourth-order valence-electron chi connectivity index (χ4n) is 9.59. The second kappa shape index (κ2) is 9.11. The van der Waals surface area contributed by atoms with Crippen molar-refractivity contribution in [3.63, 3.8) is 0 Å². The van der Waals surface area contributed by atoms with Crippen molar-refractivity contribution in [2.24, 2.45) is 0 Å². The molecule has 4 nitrogen and oxygen atoms in total. The Labute approximate surface area is 243 Å².